The maximum Gasteiger partial charge on any atom is 0.126 e. The normalized spacial score (nSPS) is 14.2. The van der Waals surface area contributed by atoms with Crippen molar-refractivity contribution in [2.75, 3.05) is 6.61 Å². The first-order valence-corrected chi connectivity index (χ1v) is 9.84. The van der Waals surface area contributed by atoms with E-state index in [-0.39, 0.29) is 5.75 Å². The van der Waals surface area contributed by atoms with E-state index in [4.69, 9.17) is 4.74 Å². The lowest BCUT2D eigenvalue weighted by Gasteiger charge is -2.27. The first-order valence-electron chi connectivity index (χ1n) is 9.84. The third-order valence-electron chi connectivity index (χ3n) is 3.39. The molecule has 25 heavy (non-hydrogen) atoms. The van der Waals surface area contributed by atoms with Crippen LogP contribution < -0.4 is 4.74 Å². The summed E-state index contributed by atoms with van der Waals surface area (Å²) in [6, 6.07) is 5.41. The van der Waals surface area contributed by atoms with Gasteiger partial charge in [-0.1, -0.05) is 72.6 Å². The second kappa shape index (κ2) is 20.3. The number of aromatic hydroxyl groups is 1. The number of ether oxygens (including phenoxy) is 1. The van der Waals surface area contributed by atoms with E-state index in [2.05, 4.69) is 33.1 Å². The second-order valence-electron chi connectivity index (χ2n) is 4.62. The molecule has 1 aromatic rings. The standard InChI is InChI=1S/C15H20O2.3C2H6.C2H4/c1-3-5-11(4-2)13-8-12-6-7-14(16)9-15(12)17-10-13;4*1-2/h4,6-7,9,13,16H,3,5,8,10H2,1-2H3;3*1-2H3;1-2H2/b11-4+;;;;. The molecule has 0 spiro atoms. The monoisotopic (exact) mass is 350 g/mol. The van der Waals surface area contributed by atoms with Crippen molar-refractivity contribution >= 4 is 0 Å². The minimum absolute atomic E-state index is 0.280. The van der Waals surface area contributed by atoms with Gasteiger partial charge in [0.05, 0.1) is 6.61 Å². The summed E-state index contributed by atoms with van der Waals surface area (Å²) in [5, 5.41) is 9.40. The molecule has 1 unspecified atom stereocenters. The molecule has 2 heteroatoms. The molecule has 2 nitrogen and oxygen atoms in total. The van der Waals surface area contributed by atoms with E-state index in [9.17, 15) is 5.11 Å². The Bertz CT molecular complexity index is 436. The van der Waals surface area contributed by atoms with Crippen molar-refractivity contribution in [3.8, 4) is 11.5 Å². The molecule has 1 aliphatic rings. The third kappa shape index (κ3) is 10.7. The number of phenols is 1. The van der Waals surface area contributed by atoms with Crippen molar-refractivity contribution < 1.29 is 9.84 Å². The molecule has 1 aromatic carbocycles. The molecule has 1 aliphatic heterocycles. The zero-order chi connectivity index (χ0) is 20.3. The molecule has 1 N–H and O–H groups in total. The van der Waals surface area contributed by atoms with Gasteiger partial charge >= 0.3 is 0 Å². The van der Waals surface area contributed by atoms with Crippen LogP contribution in [0.25, 0.3) is 0 Å². The molecule has 0 saturated heterocycles. The Morgan fingerprint density at radius 3 is 2.20 bits per heavy atom. The molecule has 0 radical (unpaired) electrons. The molecule has 0 fully saturated rings. The molecule has 1 heterocycles. The highest BCUT2D eigenvalue weighted by molar-refractivity contribution is 5.42. The first-order chi connectivity index (χ1) is 12.2. The fourth-order valence-electron chi connectivity index (χ4n) is 2.47. The lowest BCUT2D eigenvalue weighted by molar-refractivity contribution is 0.239. The summed E-state index contributed by atoms with van der Waals surface area (Å²) < 4.78 is 5.75. The molecule has 146 valence electrons. The Labute approximate surface area is 157 Å². The Balaban J connectivity index is -0.000000533. The van der Waals surface area contributed by atoms with E-state index in [1.54, 1.807) is 12.1 Å². The summed E-state index contributed by atoms with van der Waals surface area (Å²) in [6.07, 6.45) is 5.58. The van der Waals surface area contributed by atoms with E-state index in [1.165, 1.54) is 17.6 Å². The van der Waals surface area contributed by atoms with Crippen molar-refractivity contribution in [1.29, 1.82) is 0 Å². The van der Waals surface area contributed by atoms with E-state index < -0.39 is 0 Å². The lowest BCUT2D eigenvalue weighted by atomic mass is 9.87. The predicted molar refractivity (Wildman–Crippen MR) is 115 cm³/mol. The van der Waals surface area contributed by atoms with Gasteiger partial charge in [-0.3, -0.25) is 0 Å². The zero-order valence-electron chi connectivity index (χ0n) is 18.0. The number of hydrogen-bond acceptors (Lipinski definition) is 2. The molecule has 0 bridgehead atoms. The number of hydrogen-bond donors (Lipinski definition) is 1. The fraction of sp³-hybridized carbons (Fsp3) is 0.565. The van der Waals surface area contributed by atoms with Gasteiger partial charge in [-0.2, -0.15) is 0 Å². The topological polar surface area (TPSA) is 29.5 Å². The zero-order valence-corrected chi connectivity index (χ0v) is 18.0. The first kappa shape index (κ1) is 28.1. The van der Waals surface area contributed by atoms with E-state index in [1.807, 2.05) is 47.6 Å². The summed E-state index contributed by atoms with van der Waals surface area (Å²) in [4.78, 5) is 0. The van der Waals surface area contributed by atoms with Crippen LogP contribution in [-0.2, 0) is 6.42 Å². The quantitative estimate of drug-likeness (QED) is 0.569. The average molecular weight is 351 g/mol. The van der Waals surface area contributed by atoms with Crippen LogP contribution >= 0.6 is 0 Å². The molecule has 0 amide bonds. The smallest absolute Gasteiger partial charge is 0.126 e. The summed E-state index contributed by atoms with van der Waals surface area (Å²) in [5.74, 6) is 1.62. The van der Waals surface area contributed by atoms with Gasteiger partial charge in [-0.15, -0.1) is 13.2 Å². The maximum absolute atomic E-state index is 9.40. The van der Waals surface area contributed by atoms with Crippen LogP contribution in [0.3, 0.4) is 0 Å². The largest absolute Gasteiger partial charge is 0.508 e. The van der Waals surface area contributed by atoms with Crippen LogP contribution in [0.2, 0.25) is 0 Å². The van der Waals surface area contributed by atoms with Gasteiger partial charge in [0.1, 0.15) is 11.5 Å². The number of rotatable bonds is 3. The molecule has 0 aliphatic carbocycles. The van der Waals surface area contributed by atoms with Crippen molar-refractivity contribution in [2.24, 2.45) is 5.92 Å². The molecule has 0 saturated carbocycles. The number of allylic oxidation sites excluding steroid dienone is 1. The van der Waals surface area contributed by atoms with E-state index >= 15 is 0 Å². The van der Waals surface area contributed by atoms with Crippen LogP contribution in [0.15, 0.2) is 43.0 Å². The average Bonchev–Trinajstić information content (AvgIpc) is 2.72. The minimum atomic E-state index is 0.280. The van der Waals surface area contributed by atoms with Gasteiger partial charge in [-0.05, 0) is 31.4 Å². The summed E-state index contributed by atoms with van der Waals surface area (Å²) in [5.41, 5.74) is 2.70. The van der Waals surface area contributed by atoms with Crippen molar-refractivity contribution in [3.63, 3.8) is 0 Å². The summed E-state index contributed by atoms with van der Waals surface area (Å²) >= 11 is 0. The Hall–Kier alpha value is -1.70. The Kier molecular flexibility index (Phi) is 22.9. The van der Waals surface area contributed by atoms with Gasteiger partial charge in [-0.25, -0.2) is 0 Å². The van der Waals surface area contributed by atoms with E-state index in [0.29, 0.717) is 5.92 Å². The van der Waals surface area contributed by atoms with Crippen molar-refractivity contribution in [3.05, 3.63) is 48.6 Å². The van der Waals surface area contributed by atoms with Crippen LogP contribution in [0, 0.1) is 5.92 Å². The fourth-order valence-corrected chi connectivity index (χ4v) is 2.47. The number of phenolic OH excluding ortho intramolecular Hbond substituents is 1. The molecule has 0 aromatic heterocycles. The lowest BCUT2D eigenvalue weighted by Crippen LogP contribution is -2.22. The highest BCUT2D eigenvalue weighted by atomic mass is 16.5. The Morgan fingerprint density at radius 2 is 1.72 bits per heavy atom. The van der Waals surface area contributed by atoms with Gasteiger partial charge in [0.25, 0.3) is 0 Å². The SMILES string of the molecule is C/C=C(\CCC)C1COc2cc(O)ccc2C1.C=C.CC.CC.CC. The predicted octanol–water partition coefficient (Wildman–Crippen LogP) is 7.57. The molecular formula is C23H42O2. The van der Waals surface area contributed by atoms with Crippen LogP contribution in [0.1, 0.15) is 73.8 Å². The molecular weight excluding hydrogens is 308 g/mol. The van der Waals surface area contributed by atoms with Gasteiger partial charge in [0.2, 0.25) is 0 Å². The van der Waals surface area contributed by atoms with Gasteiger partial charge < -0.3 is 9.84 Å². The van der Waals surface area contributed by atoms with Gasteiger partial charge in [0.15, 0.2) is 0 Å². The molecule has 2 rings (SSSR count). The number of benzene rings is 1. The summed E-state index contributed by atoms with van der Waals surface area (Å²) in [6.45, 7) is 23.0. The third-order valence-corrected chi connectivity index (χ3v) is 3.39. The Morgan fingerprint density at radius 1 is 1.16 bits per heavy atom. The van der Waals surface area contributed by atoms with Crippen LogP contribution in [0.5, 0.6) is 11.5 Å². The van der Waals surface area contributed by atoms with Crippen molar-refractivity contribution in [2.45, 2.75) is 74.7 Å². The minimum Gasteiger partial charge on any atom is -0.508 e. The maximum atomic E-state index is 9.40. The van der Waals surface area contributed by atoms with Crippen molar-refractivity contribution in [1.82, 2.24) is 0 Å². The highest BCUT2D eigenvalue weighted by Crippen LogP contribution is 2.33. The molecule has 1 atom stereocenters. The van der Waals surface area contributed by atoms with Crippen LogP contribution in [0.4, 0.5) is 0 Å². The van der Waals surface area contributed by atoms with Crippen LogP contribution in [-0.4, -0.2) is 11.7 Å². The summed E-state index contributed by atoms with van der Waals surface area (Å²) in [7, 11) is 0. The second-order valence-corrected chi connectivity index (χ2v) is 4.62. The van der Waals surface area contributed by atoms with Gasteiger partial charge in [0, 0.05) is 12.0 Å². The van der Waals surface area contributed by atoms with E-state index in [0.717, 1.165) is 25.2 Å². The highest BCUT2D eigenvalue weighted by Gasteiger charge is 2.22. The number of fused-ring (bicyclic) bond motifs is 1.